The van der Waals surface area contributed by atoms with Gasteiger partial charge in [-0.25, -0.2) is 0 Å². The Morgan fingerprint density at radius 2 is 1.82 bits per heavy atom. The fourth-order valence-electron chi connectivity index (χ4n) is 1.93. The van der Waals surface area contributed by atoms with E-state index in [1.165, 1.54) is 0 Å². The van der Waals surface area contributed by atoms with Crippen LogP contribution in [0.1, 0.15) is 0 Å². The summed E-state index contributed by atoms with van der Waals surface area (Å²) in [5.41, 5.74) is 0. The normalized spacial score (nSPS) is 34.7. The molecular formula is C7H11N2OY-. The van der Waals surface area contributed by atoms with E-state index in [9.17, 15) is 4.79 Å². The minimum atomic E-state index is 0. The maximum Gasteiger partial charge on any atom is 0 e. The van der Waals surface area contributed by atoms with Crippen molar-refractivity contribution in [3.05, 3.63) is 0 Å². The molecule has 2 aliphatic rings. The van der Waals surface area contributed by atoms with Crippen molar-refractivity contribution in [1.29, 1.82) is 0 Å². The Morgan fingerprint density at radius 1 is 1.27 bits per heavy atom. The molecule has 2 saturated heterocycles. The van der Waals surface area contributed by atoms with Gasteiger partial charge in [0.2, 0.25) is 0 Å². The summed E-state index contributed by atoms with van der Waals surface area (Å²) in [5.74, 6) is 1.42. The summed E-state index contributed by atoms with van der Waals surface area (Å²) >= 11 is 0. The van der Waals surface area contributed by atoms with Gasteiger partial charge in [-0.15, -0.1) is 0 Å². The molecule has 1 radical (unpaired) electrons. The summed E-state index contributed by atoms with van der Waals surface area (Å²) in [4.78, 5) is 12.0. The van der Waals surface area contributed by atoms with Crippen molar-refractivity contribution in [3.8, 4) is 0 Å². The van der Waals surface area contributed by atoms with Crippen LogP contribution in [0.3, 0.4) is 0 Å². The Hall–Kier alpha value is 0.534. The Balaban J connectivity index is 0.000000605. The zero-order valence-corrected chi connectivity index (χ0v) is 9.25. The summed E-state index contributed by atoms with van der Waals surface area (Å²) in [6.07, 6.45) is 1.95. The molecule has 2 fully saturated rings. The summed E-state index contributed by atoms with van der Waals surface area (Å²) in [6, 6.07) is 0. The molecule has 4 heteroatoms. The second-order valence-electron chi connectivity index (χ2n) is 3.17. The molecule has 0 spiro atoms. The Labute approximate surface area is 91.8 Å². The molecule has 11 heavy (non-hydrogen) atoms. The van der Waals surface area contributed by atoms with E-state index in [0.717, 1.165) is 26.2 Å². The topological polar surface area (TPSA) is 32.3 Å². The third kappa shape index (κ3) is 1.82. The van der Waals surface area contributed by atoms with Gasteiger partial charge in [0.15, 0.2) is 0 Å². The first-order valence-electron chi connectivity index (χ1n) is 3.73. The molecule has 0 aromatic carbocycles. The summed E-state index contributed by atoms with van der Waals surface area (Å²) in [7, 11) is 0. The second kappa shape index (κ2) is 3.97. The molecule has 0 bridgehead atoms. The van der Waals surface area contributed by atoms with Crippen molar-refractivity contribution in [2.45, 2.75) is 0 Å². The maximum atomic E-state index is 10.2. The van der Waals surface area contributed by atoms with E-state index in [1.54, 1.807) is 4.90 Å². The molecular weight excluding hydrogens is 217 g/mol. The van der Waals surface area contributed by atoms with Crippen LogP contribution in [0.5, 0.6) is 0 Å². The monoisotopic (exact) mass is 228 g/mol. The van der Waals surface area contributed by atoms with E-state index >= 15 is 0 Å². The van der Waals surface area contributed by atoms with Gasteiger partial charge in [0, 0.05) is 32.7 Å². The van der Waals surface area contributed by atoms with Gasteiger partial charge in [-0.05, 0) is 38.0 Å². The predicted octanol–water partition coefficient (Wildman–Crippen LogP) is -0.798. The summed E-state index contributed by atoms with van der Waals surface area (Å²) in [6.45, 7) is 4.01. The first-order chi connectivity index (χ1) is 4.90. The molecule has 3 nitrogen and oxygen atoms in total. The third-order valence-electron chi connectivity index (χ3n) is 2.52. The van der Waals surface area contributed by atoms with Crippen molar-refractivity contribution < 1.29 is 37.5 Å². The van der Waals surface area contributed by atoms with Crippen LogP contribution in [0, 0.1) is 11.8 Å². The van der Waals surface area contributed by atoms with E-state index in [-0.39, 0.29) is 32.7 Å². The van der Waals surface area contributed by atoms with E-state index < -0.39 is 0 Å². The molecule has 0 saturated carbocycles. The molecule has 0 aromatic rings. The number of carbonyl (C=O) groups excluding carboxylic acids is 1. The summed E-state index contributed by atoms with van der Waals surface area (Å²) < 4.78 is 0. The Bertz CT molecular complexity index is 141. The average Bonchev–Trinajstić information content (AvgIpc) is 2.42. The maximum absolute atomic E-state index is 10.2. The largest absolute Gasteiger partial charge is 0.520 e. The van der Waals surface area contributed by atoms with Gasteiger partial charge < -0.3 is 15.0 Å². The second-order valence-corrected chi connectivity index (χ2v) is 3.17. The SMILES string of the molecule is O=[C-]N1CC2CNCC2C1.[Y]. The Kier molecular flexibility index (Phi) is 3.47. The standard InChI is InChI=1S/C7H11N2O.Y/c10-5-9-3-6-1-8-2-7(6)4-9;/h6-8H,1-4H2;/q-1;. The average molecular weight is 228 g/mol. The van der Waals surface area contributed by atoms with E-state index in [2.05, 4.69) is 5.32 Å². The van der Waals surface area contributed by atoms with Crippen molar-refractivity contribution in [2.75, 3.05) is 26.2 Å². The van der Waals surface area contributed by atoms with Crippen molar-refractivity contribution in [2.24, 2.45) is 11.8 Å². The third-order valence-corrected chi connectivity index (χ3v) is 2.52. The van der Waals surface area contributed by atoms with Crippen molar-refractivity contribution in [3.63, 3.8) is 0 Å². The number of hydrogen-bond donors (Lipinski definition) is 1. The van der Waals surface area contributed by atoms with Crippen LogP contribution in [0.15, 0.2) is 0 Å². The van der Waals surface area contributed by atoms with Crippen molar-refractivity contribution in [1.82, 2.24) is 10.2 Å². The van der Waals surface area contributed by atoms with E-state index in [0.29, 0.717) is 11.8 Å². The number of amides is 1. The summed E-state index contributed by atoms with van der Waals surface area (Å²) in [5, 5.41) is 3.31. The van der Waals surface area contributed by atoms with Crippen LogP contribution in [0.2, 0.25) is 0 Å². The number of hydrogen-bond acceptors (Lipinski definition) is 2. The molecule has 0 aliphatic carbocycles. The number of nitrogens with zero attached hydrogens (tertiary/aromatic N) is 1. The number of likely N-dealkylation sites (tertiary alicyclic amines) is 1. The smallest absolute Gasteiger partial charge is 0 e. The van der Waals surface area contributed by atoms with Crippen LogP contribution >= 0.6 is 0 Å². The van der Waals surface area contributed by atoms with Crippen LogP contribution in [-0.2, 0) is 37.5 Å². The van der Waals surface area contributed by atoms with Crippen LogP contribution in [0.25, 0.3) is 0 Å². The fourth-order valence-corrected chi connectivity index (χ4v) is 1.93. The predicted molar refractivity (Wildman–Crippen MR) is 37.1 cm³/mol. The van der Waals surface area contributed by atoms with E-state index in [1.807, 2.05) is 6.41 Å². The van der Waals surface area contributed by atoms with Gasteiger partial charge in [0.25, 0.3) is 0 Å². The number of rotatable bonds is 1. The van der Waals surface area contributed by atoms with Gasteiger partial charge in [0.05, 0.1) is 0 Å². The first-order valence-corrected chi connectivity index (χ1v) is 3.73. The van der Waals surface area contributed by atoms with Crippen molar-refractivity contribution >= 4 is 6.41 Å². The minimum Gasteiger partial charge on any atom is -0.520 e. The van der Waals surface area contributed by atoms with Gasteiger partial charge >= 0.3 is 0 Å². The van der Waals surface area contributed by atoms with Gasteiger partial charge in [-0.2, -0.15) is 6.41 Å². The Morgan fingerprint density at radius 3 is 2.27 bits per heavy atom. The minimum absolute atomic E-state index is 0. The van der Waals surface area contributed by atoms with Gasteiger partial charge in [0.1, 0.15) is 0 Å². The quantitative estimate of drug-likeness (QED) is 0.596. The number of fused-ring (bicyclic) bond motifs is 1. The van der Waals surface area contributed by atoms with Crippen LogP contribution in [0.4, 0.5) is 0 Å². The molecule has 2 unspecified atom stereocenters. The first kappa shape index (κ1) is 9.62. The van der Waals surface area contributed by atoms with Crippen LogP contribution in [-0.4, -0.2) is 37.5 Å². The molecule has 2 rings (SSSR count). The molecule has 0 aromatic heterocycles. The van der Waals surface area contributed by atoms with E-state index in [4.69, 9.17) is 0 Å². The zero-order chi connectivity index (χ0) is 6.97. The van der Waals surface area contributed by atoms with Gasteiger partial charge in [-0.1, -0.05) is 0 Å². The molecule has 2 heterocycles. The molecule has 1 amide bonds. The molecule has 1 N–H and O–H groups in total. The van der Waals surface area contributed by atoms with Crippen LogP contribution < -0.4 is 5.32 Å². The zero-order valence-electron chi connectivity index (χ0n) is 6.42. The number of nitrogens with one attached hydrogen (secondary N) is 1. The molecule has 59 valence electrons. The van der Waals surface area contributed by atoms with Gasteiger partial charge in [-0.3, -0.25) is 0 Å². The molecule has 2 atom stereocenters. The molecule has 2 aliphatic heterocycles. The fraction of sp³-hybridized carbons (Fsp3) is 0.857.